The number of rotatable bonds is 6. The molecule has 6 heteroatoms. The van der Waals surface area contributed by atoms with Gasteiger partial charge in [0.1, 0.15) is 5.82 Å². The van der Waals surface area contributed by atoms with Crippen molar-refractivity contribution in [2.24, 2.45) is 16.5 Å². The quantitative estimate of drug-likeness (QED) is 0.474. The predicted molar refractivity (Wildman–Crippen MR) is 124 cm³/mol. The molecule has 1 heterocycles. The van der Waals surface area contributed by atoms with Gasteiger partial charge in [0.25, 0.3) is 0 Å². The van der Waals surface area contributed by atoms with Crippen LogP contribution in [-0.4, -0.2) is 37.0 Å². The summed E-state index contributed by atoms with van der Waals surface area (Å²) in [7, 11) is 0. The van der Waals surface area contributed by atoms with Crippen LogP contribution in [0.5, 0.6) is 0 Å². The highest BCUT2D eigenvalue weighted by molar-refractivity contribution is 5.76. The first-order chi connectivity index (χ1) is 15.1. The molecule has 1 aliphatic rings. The first-order valence-electron chi connectivity index (χ1n) is 10.5. The zero-order valence-electron chi connectivity index (χ0n) is 17.4. The summed E-state index contributed by atoms with van der Waals surface area (Å²) in [5.74, 6) is -0.130. The van der Waals surface area contributed by atoms with Gasteiger partial charge in [0, 0.05) is 31.9 Å². The van der Waals surface area contributed by atoms with E-state index in [-0.39, 0.29) is 23.9 Å². The molecule has 0 saturated carbocycles. The van der Waals surface area contributed by atoms with Crippen LogP contribution in [0.3, 0.4) is 0 Å². The van der Waals surface area contributed by atoms with Gasteiger partial charge < -0.3 is 16.4 Å². The maximum atomic E-state index is 13.3. The van der Waals surface area contributed by atoms with Gasteiger partial charge in [-0.3, -0.25) is 4.90 Å². The molecule has 5 nitrogen and oxygen atoms in total. The molecular formula is C25H28FN5. The van der Waals surface area contributed by atoms with Crippen molar-refractivity contribution in [2.45, 2.75) is 12.1 Å². The highest BCUT2D eigenvalue weighted by Crippen LogP contribution is 2.38. The van der Waals surface area contributed by atoms with Crippen LogP contribution in [-0.2, 0) is 0 Å². The number of nitrogens with two attached hydrogens (primary N) is 2. The van der Waals surface area contributed by atoms with Gasteiger partial charge in [0.2, 0.25) is 0 Å². The zero-order valence-corrected chi connectivity index (χ0v) is 17.4. The standard InChI is InChI=1S/C25H28FN5/c26-21-11-13-22(14-12-21)30-15-17-31(18-16-30)24(20-9-5-2-6-10-20)23(29-25(27)28)19-7-3-1-4-8-19/h1-14,23-24H,15-18H2,(H4,27,28,29). The number of benzene rings is 3. The van der Waals surface area contributed by atoms with Crippen LogP contribution in [0, 0.1) is 5.82 Å². The topological polar surface area (TPSA) is 70.9 Å². The predicted octanol–water partition coefficient (Wildman–Crippen LogP) is 3.70. The molecular weight excluding hydrogens is 389 g/mol. The summed E-state index contributed by atoms with van der Waals surface area (Å²) in [5, 5.41) is 0. The maximum Gasteiger partial charge on any atom is 0.186 e. The van der Waals surface area contributed by atoms with E-state index in [1.165, 1.54) is 17.7 Å². The summed E-state index contributed by atoms with van der Waals surface area (Å²) in [6.45, 7) is 3.39. The molecule has 3 aromatic rings. The van der Waals surface area contributed by atoms with E-state index in [0.717, 1.165) is 37.4 Å². The van der Waals surface area contributed by atoms with E-state index in [4.69, 9.17) is 11.5 Å². The lowest BCUT2D eigenvalue weighted by molar-refractivity contribution is 0.162. The Bertz CT molecular complexity index is 979. The van der Waals surface area contributed by atoms with Crippen LogP contribution in [0.25, 0.3) is 0 Å². The van der Waals surface area contributed by atoms with Crippen molar-refractivity contribution in [1.29, 1.82) is 0 Å². The molecule has 1 aliphatic heterocycles. The Morgan fingerprint density at radius 3 is 1.84 bits per heavy atom. The minimum atomic E-state index is -0.217. The van der Waals surface area contributed by atoms with Gasteiger partial charge in [-0.05, 0) is 35.4 Å². The van der Waals surface area contributed by atoms with Crippen molar-refractivity contribution in [1.82, 2.24) is 4.90 Å². The Balaban J connectivity index is 1.63. The van der Waals surface area contributed by atoms with Gasteiger partial charge in [0.15, 0.2) is 5.96 Å². The number of piperazine rings is 1. The molecule has 0 aromatic heterocycles. The first-order valence-corrected chi connectivity index (χ1v) is 10.5. The number of guanidine groups is 1. The molecule has 160 valence electrons. The Hall–Kier alpha value is -3.38. The van der Waals surface area contributed by atoms with Crippen LogP contribution >= 0.6 is 0 Å². The van der Waals surface area contributed by atoms with E-state index in [2.05, 4.69) is 51.2 Å². The lowest BCUT2D eigenvalue weighted by atomic mass is 9.91. The maximum absolute atomic E-state index is 13.3. The van der Waals surface area contributed by atoms with Gasteiger partial charge in [-0.25, -0.2) is 9.38 Å². The fourth-order valence-electron chi connectivity index (χ4n) is 4.29. The summed E-state index contributed by atoms with van der Waals surface area (Å²) >= 11 is 0. The Labute approximate surface area is 182 Å². The van der Waals surface area contributed by atoms with Crippen LogP contribution in [0.2, 0.25) is 0 Å². The Morgan fingerprint density at radius 2 is 1.29 bits per heavy atom. The summed E-state index contributed by atoms with van der Waals surface area (Å²) in [4.78, 5) is 9.39. The number of nitrogens with zero attached hydrogens (tertiary/aromatic N) is 3. The van der Waals surface area contributed by atoms with E-state index in [1.807, 2.05) is 36.4 Å². The van der Waals surface area contributed by atoms with Gasteiger partial charge in [0.05, 0.1) is 12.1 Å². The average molecular weight is 418 g/mol. The molecule has 0 radical (unpaired) electrons. The van der Waals surface area contributed by atoms with Gasteiger partial charge >= 0.3 is 0 Å². The van der Waals surface area contributed by atoms with Gasteiger partial charge in [-0.15, -0.1) is 0 Å². The van der Waals surface area contributed by atoms with E-state index in [0.29, 0.717) is 0 Å². The first kappa shape index (κ1) is 20.9. The third-order valence-electron chi connectivity index (χ3n) is 5.77. The monoisotopic (exact) mass is 417 g/mol. The van der Waals surface area contributed by atoms with Crippen molar-refractivity contribution in [3.05, 3.63) is 102 Å². The minimum Gasteiger partial charge on any atom is -0.370 e. The Morgan fingerprint density at radius 1 is 0.742 bits per heavy atom. The summed E-state index contributed by atoms with van der Waals surface area (Å²) in [5.41, 5.74) is 15.0. The lowest BCUT2D eigenvalue weighted by Gasteiger charge is -2.42. The van der Waals surface area contributed by atoms with E-state index in [9.17, 15) is 4.39 Å². The van der Waals surface area contributed by atoms with Crippen molar-refractivity contribution in [3.63, 3.8) is 0 Å². The molecule has 3 aromatic carbocycles. The van der Waals surface area contributed by atoms with Crippen LogP contribution in [0.1, 0.15) is 23.2 Å². The fraction of sp³-hybridized carbons (Fsp3) is 0.240. The second-order valence-corrected chi connectivity index (χ2v) is 7.76. The summed E-state index contributed by atoms with van der Waals surface area (Å²) < 4.78 is 13.3. The molecule has 0 amide bonds. The smallest absolute Gasteiger partial charge is 0.186 e. The largest absolute Gasteiger partial charge is 0.370 e. The highest BCUT2D eigenvalue weighted by atomic mass is 19.1. The Kier molecular flexibility index (Phi) is 6.48. The van der Waals surface area contributed by atoms with Crippen LogP contribution in [0.4, 0.5) is 10.1 Å². The van der Waals surface area contributed by atoms with Crippen molar-refractivity contribution >= 4 is 11.6 Å². The zero-order chi connectivity index (χ0) is 21.6. The van der Waals surface area contributed by atoms with E-state index >= 15 is 0 Å². The van der Waals surface area contributed by atoms with Crippen LogP contribution < -0.4 is 16.4 Å². The second-order valence-electron chi connectivity index (χ2n) is 7.76. The number of halogens is 1. The lowest BCUT2D eigenvalue weighted by Crippen LogP contribution is -2.49. The third kappa shape index (κ3) is 5.03. The molecule has 2 unspecified atom stereocenters. The number of hydrogen-bond acceptors (Lipinski definition) is 3. The third-order valence-corrected chi connectivity index (χ3v) is 5.77. The highest BCUT2D eigenvalue weighted by Gasteiger charge is 2.32. The number of hydrogen-bond donors (Lipinski definition) is 2. The number of aliphatic imine (C=N–C) groups is 1. The summed E-state index contributed by atoms with van der Waals surface area (Å²) in [6.07, 6.45) is 0. The molecule has 1 saturated heterocycles. The fourth-order valence-corrected chi connectivity index (χ4v) is 4.29. The van der Waals surface area contributed by atoms with Crippen LogP contribution in [0.15, 0.2) is 89.9 Å². The number of anilines is 1. The molecule has 4 rings (SSSR count). The molecule has 2 atom stereocenters. The average Bonchev–Trinajstić information content (AvgIpc) is 2.81. The normalized spacial score (nSPS) is 16.5. The molecule has 0 spiro atoms. The van der Waals surface area contributed by atoms with E-state index < -0.39 is 0 Å². The van der Waals surface area contributed by atoms with Crippen molar-refractivity contribution < 1.29 is 4.39 Å². The van der Waals surface area contributed by atoms with Crippen molar-refractivity contribution in [3.8, 4) is 0 Å². The van der Waals surface area contributed by atoms with Crippen molar-refractivity contribution in [2.75, 3.05) is 31.1 Å². The molecule has 1 fully saturated rings. The van der Waals surface area contributed by atoms with E-state index in [1.54, 1.807) is 0 Å². The molecule has 4 N–H and O–H groups in total. The van der Waals surface area contributed by atoms with Gasteiger partial charge in [-0.1, -0.05) is 60.7 Å². The molecule has 31 heavy (non-hydrogen) atoms. The molecule has 0 bridgehead atoms. The summed E-state index contributed by atoms with van der Waals surface area (Å²) in [6, 6.07) is 27.0. The van der Waals surface area contributed by atoms with Gasteiger partial charge in [-0.2, -0.15) is 0 Å². The molecule has 0 aliphatic carbocycles. The SMILES string of the molecule is NC(N)=NC(c1ccccc1)C(c1ccccc1)N1CCN(c2ccc(F)cc2)CC1. The second kappa shape index (κ2) is 9.62. The minimum absolute atomic E-state index is 0.000989.